The van der Waals surface area contributed by atoms with E-state index >= 15 is 0 Å². The van der Waals surface area contributed by atoms with Crippen LogP contribution in [0.1, 0.15) is 38.8 Å². The van der Waals surface area contributed by atoms with Crippen molar-refractivity contribution in [3.63, 3.8) is 0 Å². The lowest BCUT2D eigenvalue weighted by molar-refractivity contribution is 0.0955. The zero-order valence-electron chi connectivity index (χ0n) is 14.4. The van der Waals surface area contributed by atoms with Gasteiger partial charge in [-0.15, -0.1) is 0 Å². The fourth-order valence-corrected chi connectivity index (χ4v) is 2.76. The van der Waals surface area contributed by atoms with Crippen LogP contribution >= 0.6 is 0 Å². The zero-order valence-corrected chi connectivity index (χ0v) is 14.4. The number of nitrogens with one attached hydrogen (secondary N) is 2. The van der Waals surface area contributed by atoms with E-state index in [1.165, 1.54) is 0 Å². The molecule has 2 aromatic heterocycles. The Morgan fingerprint density at radius 1 is 1.17 bits per heavy atom. The average molecular weight is 323 g/mol. The molecule has 124 valence electrons. The molecule has 0 atom stereocenters. The Morgan fingerprint density at radius 3 is 2.67 bits per heavy atom. The summed E-state index contributed by atoms with van der Waals surface area (Å²) in [5.41, 5.74) is 4.45. The highest BCUT2D eigenvalue weighted by atomic mass is 16.1. The van der Waals surface area contributed by atoms with Crippen LogP contribution in [0.15, 0.2) is 18.2 Å². The van der Waals surface area contributed by atoms with Crippen LogP contribution in [0.2, 0.25) is 0 Å². The highest BCUT2D eigenvalue weighted by Crippen LogP contribution is 2.24. The molecule has 0 saturated heterocycles. The third-order valence-electron chi connectivity index (χ3n) is 4.13. The van der Waals surface area contributed by atoms with Gasteiger partial charge in [-0.05, 0) is 45.4 Å². The van der Waals surface area contributed by atoms with E-state index < -0.39 is 0 Å². The van der Waals surface area contributed by atoms with Gasteiger partial charge in [0, 0.05) is 24.0 Å². The van der Waals surface area contributed by atoms with Crippen LogP contribution in [0.5, 0.6) is 0 Å². The Hall–Kier alpha value is -2.76. The maximum Gasteiger partial charge on any atom is 0.252 e. The molecule has 3 rings (SSSR count). The number of H-pyrrole nitrogens is 1. The van der Waals surface area contributed by atoms with E-state index in [4.69, 9.17) is 0 Å². The highest BCUT2D eigenvalue weighted by Gasteiger charge is 2.16. The Bertz CT molecular complexity index is 913. The minimum atomic E-state index is -0.0825. The molecule has 6 heteroatoms. The summed E-state index contributed by atoms with van der Waals surface area (Å²) in [4.78, 5) is 21.6. The molecule has 0 aliphatic heterocycles. The highest BCUT2D eigenvalue weighted by molar-refractivity contribution is 6.07. The van der Waals surface area contributed by atoms with Crippen LogP contribution in [0.3, 0.4) is 0 Å². The first kappa shape index (κ1) is 16.1. The monoisotopic (exact) mass is 323 g/mol. The largest absolute Gasteiger partial charge is 0.352 e. The van der Waals surface area contributed by atoms with Crippen LogP contribution in [-0.4, -0.2) is 32.6 Å². The van der Waals surface area contributed by atoms with Gasteiger partial charge in [-0.25, -0.2) is 4.98 Å². The molecule has 0 fully saturated rings. The molecule has 2 N–H and O–H groups in total. The van der Waals surface area contributed by atoms with Gasteiger partial charge in [-0.2, -0.15) is 5.10 Å². The number of aromatic nitrogens is 4. The summed E-state index contributed by atoms with van der Waals surface area (Å²) in [6, 6.07) is 5.99. The lowest BCUT2D eigenvalue weighted by Gasteiger charge is -2.13. The number of amides is 1. The topological polar surface area (TPSA) is 83.6 Å². The summed E-state index contributed by atoms with van der Waals surface area (Å²) in [7, 11) is 0. The third-order valence-corrected chi connectivity index (χ3v) is 4.13. The standard InChI is InChI=1S/C18H21N5O/c1-10-5-6-15-14(9-10)17(11(2)12(3)20-15)18(24)19-8-7-16-21-13(4)22-23-16/h5-6,9H,7-8H2,1-4H3,(H,19,24)(H,21,22,23). The van der Waals surface area contributed by atoms with E-state index in [1.54, 1.807) is 0 Å². The van der Waals surface area contributed by atoms with Crippen molar-refractivity contribution in [2.45, 2.75) is 34.1 Å². The molecule has 0 radical (unpaired) electrons. The number of hydrogen-bond acceptors (Lipinski definition) is 4. The number of aromatic amines is 1. The Morgan fingerprint density at radius 2 is 1.96 bits per heavy atom. The minimum Gasteiger partial charge on any atom is -0.352 e. The molecule has 1 amide bonds. The zero-order chi connectivity index (χ0) is 17.3. The fourth-order valence-electron chi connectivity index (χ4n) is 2.76. The first-order valence-electron chi connectivity index (χ1n) is 7.99. The number of carbonyl (C=O) groups is 1. The van der Waals surface area contributed by atoms with Gasteiger partial charge in [0.05, 0.1) is 11.1 Å². The smallest absolute Gasteiger partial charge is 0.252 e. The molecular weight excluding hydrogens is 302 g/mol. The summed E-state index contributed by atoms with van der Waals surface area (Å²) >= 11 is 0. The molecule has 24 heavy (non-hydrogen) atoms. The second kappa shape index (κ2) is 6.39. The quantitative estimate of drug-likeness (QED) is 0.773. The van der Waals surface area contributed by atoms with Crippen molar-refractivity contribution in [1.29, 1.82) is 0 Å². The molecule has 0 aliphatic carbocycles. The van der Waals surface area contributed by atoms with Gasteiger partial charge in [-0.3, -0.25) is 14.9 Å². The number of carbonyl (C=O) groups excluding carboxylic acids is 1. The van der Waals surface area contributed by atoms with Crippen LogP contribution in [0.25, 0.3) is 10.9 Å². The summed E-state index contributed by atoms with van der Waals surface area (Å²) in [6.07, 6.45) is 0.593. The van der Waals surface area contributed by atoms with Crippen LogP contribution in [0.4, 0.5) is 0 Å². The number of rotatable bonds is 4. The molecule has 6 nitrogen and oxygen atoms in total. The van der Waals surface area contributed by atoms with E-state index in [0.29, 0.717) is 24.4 Å². The van der Waals surface area contributed by atoms with Gasteiger partial charge < -0.3 is 5.32 Å². The summed E-state index contributed by atoms with van der Waals surface area (Å²) in [5, 5.41) is 10.8. The van der Waals surface area contributed by atoms with Crippen molar-refractivity contribution < 1.29 is 4.79 Å². The first-order valence-corrected chi connectivity index (χ1v) is 7.99. The molecule has 0 saturated carbocycles. The number of fused-ring (bicyclic) bond motifs is 1. The maximum absolute atomic E-state index is 12.8. The number of aryl methyl sites for hydroxylation is 3. The van der Waals surface area contributed by atoms with E-state index in [9.17, 15) is 4.79 Å². The molecule has 0 aliphatic rings. The van der Waals surface area contributed by atoms with Crippen molar-refractivity contribution >= 4 is 16.8 Å². The molecule has 0 bridgehead atoms. The summed E-state index contributed by atoms with van der Waals surface area (Å²) < 4.78 is 0. The van der Waals surface area contributed by atoms with Crippen molar-refractivity contribution in [1.82, 2.24) is 25.5 Å². The van der Waals surface area contributed by atoms with E-state index in [2.05, 4.69) is 25.5 Å². The minimum absolute atomic E-state index is 0.0825. The van der Waals surface area contributed by atoms with Gasteiger partial charge in [-0.1, -0.05) is 11.6 Å². The second-order valence-electron chi connectivity index (χ2n) is 6.06. The maximum atomic E-state index is 12.8. The number of hydrogen-bond donors (Lipinski definition) is 2. The lowest BCUT2D eigenvalue weighted by atomic mass is 9.99. The van der Waals surface area contributed by atoms with Crippen LogP contribution in [0, 0.1) is 27.7 Å². The second-order valence-corrected chi connectivity index (χ2v) is 6.06. The molecule has 2 heterocycles. The number of pyridine rings is 1. The van der Waals surface area contributed by atoms with Crippen LogP contribution in [-0.2, 0) is 6.42 Å². The van der Waals surface area contributed by atoms with E-state index in [-0.39, 0.29) is 5.91 Å². The molecule has 1 aromatic carbocycles. The van der Waals surface area contributed by atoms with Crippen molar-refractivity contribution in [3.8, 4) is 0 Å². The van der Waals surface area contributed by atoms with E-state index in [1.807, 2.05) is 45.9 Å². The Labute approximate surface area is 140 Å². The van der Waals surface area contributed by atoms with Gasteiger partial charge >= 0.3 is 0 Å². The van der Waals surface area contributed by atoms with Crippen molar-refractivity contribution in [2.75, 3.05) is 6.54 Å². The average Bonchev–Trinajstić information content (AvgIpc) is 2.94. The van der Waals surface area contributed by atoms with Gasteiger partial charge in [0.2, 0.25) is 0 Å². The summed E-state index contributed by atoms with van der Waals surface area (Å²) in [6.45, 7) is 8.23. The predicted molar refractivity (Wildman–Crippen MR) is 93.1 cm³/mol. The third kappa shape index (κ3) is 3.13. The van der Waals surface area contributed by atoms with Crippen molar-refractivity contribution in [2.24, 2.45) is 0 Å². The van der Waals surface area contributed by atoms with Gasteiger partial charge in [0.1, 0.15) is 5.82 Å². The summed E-state index contributed by atoms with van der Waals surface area (Å²) in [5.74, 6) is 1.40. The Balaban J connectivity index is 1.85. The van der Waals surface area contributed by atoms with Gasteiger partial charge in [0.25, 0.3) is 5.91 Å². The van der Waals surface area contributed by atoms with Gasteiger partial charge in [0.15, 0.2) is 5.82 Å². The number of nitrogens with zero attached hydrogens (tertiary/aromatic N) is 3. The number of benzene rings is 1. The molecule has 3 aromatic rings. The SMILES string of the molecule is Cc1ccc2nc(C)c(C)c(C(=O)NCCc3n[nH]c(C)n3)c2c1. The van der Waals surface area contributed by atoms with Crippen molar-refractivity contribution in [3.05, 3.63) is 52.2 Å². The van der Waals surface area contributed by atoms with E-state index in [0.717, 1.165) is 33.5 Å². The molecule has 0 spiro atoms. The lowest BCUT2D eigenvalue weighted by Crippen LogP contribution is -2.27. The first-order chi connectivity index (χ1) is 11.5. The Kier molecular flexibility index (Phi) is 4.29. The molecule has 0 unspecified atom stereocenters. The predicted octanol–water partition coefficient (Wildman–Crippen LogP) is 2.56. The fraction of sp³-hybridized carbons (Fsp3) is 0.333. The normalized spacial score (nSPS) is 11.0. The van der Waals surface area contributed by atoms with Crippen LogP contribution < -0.4 is 5.32 Å². The molecular formula is C18H21N5O.